The normalized spacial score (nSPS) is 16.0. The van der Waals surface area contributed by atoms with Crippen molar-refractivity contribution in [2.45, 2.75) is 13.0 Å². The van der Waals surface area contributed by atoms with Gasteiger partial charge in [-0.05, 0) is 31.2 Å². The molecule has 0 amide bonds. The second-order valence-corrected chi connectivity index (χ2v) is 6.78. The zero-order chi connectivity index (χ0) is 19.9. The van der Waals surface area contributed by atoms with Crippen LogP contribution in [0.5, 0.6) is 11.5 Å². The summed E-state index contributed by atoms with van der Waals surface area (Å²) in [5, 5.41) is 13.4. The van der Waals surface area contributed by atoms with E-state index in [0.29, 0.717) is 18.0 Å². The van der Waals surface area contributed by atoms with Gasteiger partial charge in [0.15, 0.2) is 5.96 Å². The van der Waals surface area contributed by atoms with Crippen molar-refractivity contribution in [3.8, 4) is 11.5 Å². The van der Waals surface area contributed by atoms with E-state index in [1.165, 1.54) is 12.1 Å². The van der Waals surface area contributed by atoms with Gasteiger partial charge in [0.25, 0.3) is 0 Å². The number of piperazine rings is 1. The predicted molar refractivity (Wildman–Crippen MR) is 110 cm³/mol. The van der Waals surface area contributed by atoms with Crippen LogP contribution in [0.3, 0.4) is 0 Å². The third kappa shape index (κ3) is 5.06. The van der Waals surface area contributed by atoms with Gasteiger partial charge in [0.05, 0.1) is 12.2 Å². The minimum atomic E-state index is -0.309. The van der Waals surface area contributed by atoms with Gasteiger partial charge < -0.3 is 25.0 Å². The molecule has 0 saturated carbocycles. The van der Waals surface area contributed by atoms with Crippen LogP contribution in [-0.4, -0.2) is 61.8 Å². The van der Waals surface area contributed by atoms with Gasteiger partial charge >= 0.3 is 0 Å². The van der Waals surface area contributed by atoms with Crippen LogP contribution in [0, 0.1) is 5.82 Å². The van der Waals surface area contributed by atoms with Gasteiger partial charge in [0.1, 0.15) is 23.4 Å². The monoisotopic (exact) mass is 386 g/mol. The van der Waals surface area contributed by atoms with Crippen LogP contribution < -0.4 is 15.0 Å². The molecule has 3 rings (SSSR count). The number of aliphatic imine (C=N–C) groups is 1. The summed E-state index contributed by atoms with van der Waals surface area (Å²) in [6.07, 6.45) is -0.138. The van der Waals surface area contributed by atoms with Crippen molar-refractivity contribution in [3.63, 3.8) is 0 Å². The topological polar surface area (TPSA) is 60.3 Å². The van der Waals surface area contributed by atoms with Crippen LogP contribution >= 0.6 is 0 Å². The van der Waals surface area contributed by atoms with Crippen molar-refractivity contribution in [1.82, 2.24) is 10.2 Å². The van der Waals surface area contributed by atoms with Gasteiger partial charge in [-0.25, -0.2) is 4.39 Å². The second-order valence-electron chi connectivity index (χ2n) is 6.78. The Labute approximate surface area is 165 Å². The Kier molecular flexibility index (Phi) is 6.57. The maximum absolute atomic E-state index is 13.3. The Balaban J connectivity index is 1.49. The highest BCUT2D eigenvalue weighted by molar-refractivity contribution is 5.80. The van der Waals surface area contributed by atoms with Gasteiger partial charge in [0, 0.05) is 39.3 Å². The van der Waals surface area contributed by atoms with E-state index in [2.05, 4.69) is 20.1 Å². The first kappa shape index (κ1) is 19.8. The summed E-state index contributed by atoms with van der Waals surface area (Å²) in [4.78, 5) is 8.73. The maximum atomic E-state index is 13.3. The standard InChI is InChI=1S/C21H27FN4O2/c1-16(28-18-7-5-6-17(22)14-18)15-24-21(23-2)26-12-10-25(11-13-26)19-8-3-4-9-20(19)27/h3-9,14,16,27H,10-13,15H2,1-2H3,(H,23,24). The fraction of sp³-hybridized carbons (Fsp3) is 0.381. The SMILES string of the molecule is CN=C(NCC(C)Oc1cccc(F)c1)N1CCN(c2ccccc2O)CC1. The molecule has 2 aromatic rings. The summed E-state index contributed by atoms with van der Waals surface area (Å²) in [7, 11) is 1.76. The van der Waals surface area contributed by atoms with Crippen molar-refractivity contribution < 1.29 is 14.2 Å². The number of halogens is 1. The van der Waals surface area contributed by atoms with E-state index in [1.54, 1.807) is 25.2 Å². The van der Waals surface area contributed by atoms with E-state index >= 15 is 0 Å². The van der Waals surface area contributed by atoms with E-state index in [0.717, 1.165) is 37.8 Å². The average molecular weight is 386 g/mol. The molecule has 1 heterocycles. The zero-order valence-corrected chi connectivity index (χ0v) is 16.3. The van der Waals surface area contributed by atoms with Crippen molar-refractivity contribution in [2.75, 3.05) is 44.7 Å². The summed E-state index contributed by atoms with van der Waals surface area (Å²) < 4.78 is 19.0. The number of rotatable bonds is 5. The number of aromatic hydroxyl groups is 1. The van der Waals surface area contributed by atoms with Crippen LogP contribution in [-0.2, 0) is 0 Å². The molecule has 0 aromatic heterocycles. The number of para-hydroxylation sites is 2. The fourth-order valence-electron chi connectivity index (χ4n) is 3.27. The van der Waals surface area contributed by atoms with Gasteiger partial charge in [-0.2, -0.15) is 0 Å². The lowest BCUT2D eigenvalue weighted by molar-refractivity contribution is 0.220. The number of nitrogens with one attached hydrogen (secondary N) is 1. The summed E-state index contributed by atoms with van der Waals surface area (Å²) in [6, 6.07) is 13.6. The Morgan fingerprint density at radius 3 is 2.61 bits per heavy atom. The molecule has 0 spiro atoms. The smallest absolute Gasteiger partial charge is 0.193 e. The minimum absolute atomic E-state index is 0.138. The van der Waals surface area contributed by atoms with Crippen LogP contribution in [0.2, 0.25) is 0 Å². The molecule has 150 valence electrons. The highest BCUT2D eigenvalue weighted by Crippen LogP contribution is 2.27. The Bertz CT molecular complexity index is 806. The summed E-state index contributed by atoms with van der Waals surface area (Å²) in [5.41, 5.74) is 0.863. The molecule has 1 fully saturated rings. The first-order chi connectivity index (χ1) is 13.6. The van der Waals surface area contributed by atoms with E-state index in [9.17, 15) is 9.50 Å². The van der Waals surface area contributed by atoms with E-state index in [4.69, 9.17) is 4.74 Å². The molecule has 1 aliphatic rings. The van der Waals surface area contributed by atoms with Crippen LogP contribution in [0.1, 0.15) is 6.92 Å². The summed E-state index contributed by atoms with van der Waals surface area (Å²) in [5.74, 6) is 1.32. The van der Waals surface area contributed by atoms with Gasteiger partial charge in [-0.3, -0.25) is 4.99 Å². The number of nitrogens with zero attached hydrogens (tertiary/aromatic N) is 3. The fourth-order valence-corrected chi connectivity index (χ4v) is 3.27. The van der Waals surface area contributed by atoms with E-state index in [-0.39, 0.29) is 11.9 Å². The maximum Gasteiger partial charge on any atom is 0.193 e. The molecule has 2 N–H and O–H groups in total. The molecular formula is C21H27FN4O2. The number of hydrogen-bond acceptors (Lipinski definition) is 4. The Morgan fingerprint density at radius 1 is 1.18 bits per heavy atom. The molecular weight excluding hydrogens is 359 g/mol. The van der Waals surface area contributed by atoms with Crippen LogP contribution in [0.4, 0.5) is 10.1 Å². The number of ether oxygens (including phenoxy) is 1. The number of guanidine groups is 1. The number of phenols is 1. The van der Waals surface area contributed by atoms with E-state index < -0.39 is 0 Å². The first-order valence-corrected chi connectivity index (χ1v) is 9.47. The lowest BCUT2D eigenvalue weighted by Crippen LogP contribution is -2.53. The average Bonchev–Trinajstić information content (AvgIpc) is 2.69. The van der Waals surface area contributed by atoms with Crippen molar-refractivity contribution in [2.24, 2.45) is 4.99 Å². The van der Waals surface area contributed by atoms with Crippen molar-refractivity contribution >= 4 is 11.6 Å². The van der Waals surface area contributed by atoms with Gasteiger partial charge in [-0.15, -0.1) is 0 Å². The molecule has 1 unspecified atom stereocenters. The lowest BCUT2D eigenvalue weighted by atomic mass is 10.2. The molecule has 1 saturated heterocycles. The van der Waals surface area contributed by atoms with Gasteiger partial charge in [-0.1, -0.05) is 18.2 Å². The highest BCUT2D eigenvalue weighted by Gasteiger charge is 2.21. The number of benzene rings is 2. The molecule has 7 heteroatoms. The lowest BCUT2D eigenvalue weighted by Gasteiger charge is -2.38. The summed E-state index contributed by atoms with van der Waals surface area (Å²) in [6.45, 7) is 5.69. The van der Waals surface area contributed by atoms with Crippen molar-refractivity contribution in [3.05, 3.63) is 54.3 Å². The molecule has 1 atom stereocenters. The molecule has 1 aliphatic heterocycles. The number of phenolic OH excluding ortho intramolecular Hbond substituents is 1. The Morgan fingerprint density at radius 2 is 1.93 bits per heavy atom. The molecule has 28 heavy (non-hydrogen) atoms. The molecule has 0 bridgehead atoms. The zero-order valence-electron chi connectivity index (χ0n) is 16.3. The Hall–Kier alpha value is -2.96. The predicted octanol–water partition coefficient (Wildman–Crippen LogP) is 2.70. The third-order valence-electron chi connectivity index (χ3n) is 4.69. The molecule has 2 aromatic carbocycles. The number of hydrogen-bond donors (Lipinski definition) is 2. The van der Waals surface area contributed by atoms with Crippen LogP contribution in [0.15, 0.2) is 53.5 Å². The van der Waals surface area contributed by atoms with Crippen molar-refractivity contribution in [1.29, 1.82) is 0 Å². The molecule has 0 radical (unpaired) electrons. The first-order valence-electron chi connectivity index (χ1n) is 9.47. The summed E-state index contributed by atoms with van der Waals surface area (Å²) >= 11 is 0. The van der Waals surface area contributed by atoms with Crippen LogP contribution in [0.25, 0.3) is 0 Å². The highest BCUT2D eigenvalue weighted by atomic mass is 19.1. The van der Waals surface area contributed by atoms with E-state index in [1.807, 2.05) is 25.1 Å². The quantitative estimate of drug-likeness (QED) is 0.611. The third-order valence-corrected chi connectivity index (χ3v) is 4.69. The molecule has 6 nitrogen and oxygen atoms in total. The minimum Gasteiger partial charge on any atom is -0.506 e. The largest absolute Gasteiger partial charge is 0.506 e. The number of anilines is 1. The molecule has 0 aliphatic carbocycles. The second kappa shape index (κ2) is 9.30. The van der Waals surface area contributed by atoms with Gasteiger partial charge in [0.2, 0.25) is 0 Å².